The van der Waals surface area contributed by atoms with Crippen molar-refractivity contribution in [2.45, 2.75) is 6.04 Å². The van der Waals surface area contributed by atoms with Gasteiger partial charge in [-0.3, -0.25) is 5.84 Å². The molecule has 0 aliphatic rings. The summed E-state index contributed by atoms with van der Waals surface area (Å²) < 4.78 is 2.09. The Kier molecular flexibility index (Phi) is 4.16. The Morgan fingerprint density at radius 1 is 1.25 bits per heavy atom. The van der Waals surface area contributed by atoms with Crippen molar-refractivity contribution in [2.75, 3.05) is 0 Å². The van der Waals surface area contributed by atoms with Crippen LogP contribution >= 0.6 is 43.2 Å². The molecule has 16 heavy (non-hydrogen) atoms. The third kappa shape index (κ3) is 2.55. The molecule has 0 saturated heterocycles. The molecule has 2 rings (SSSR count). The summed E-state index contributed by atoms with van der Waals surface area (Å²) in [7, 11) is 0. The fraction of sp³-hybridized carbons (Fsp3) is 0.0909. The Bertz CT molecular complexity index is 471. The minimum atomic E-state index is 0.0203. The molecule has 0 radical (unpaired) electrons. The summed E-state index contributed by atoms with van der Waals surface area (Å²) in [5.41, 5.74) is 3.97. The third-order valence-corrected chi connectivity index (χ3v) is 4.42. The highest BCUT2D eigenvalue weighted by Crippen LogP contribution is 2.32. The van der Waals surface area contributed by atoms with Crippen molar-refractivity contribution in [3.05, 3.63) is 55.1 Å². The molecule has 0 amide bonds. The van der Waals surface area contributed by atoms with E-state index in [9.17, 15) is 0 Å². The predicted octanol–water partition coefficient (Wildman–Crippen LogP) is 3.83. The minimum Gasteiger partial charge on any atom is -0.271 e. The molecule has 3 N–H and O–H groups in total. The normalized spacial score (nSPS) is 12.7. The highest BCUT2D eigenvalue weighted by atomic mass is 79.9. The molecule has 0 bridgehead atoms. The Balaban J connectivity index is 2.44. The van der Waals surface area contributed by atoms with Crippen LogP contribution in [0.3, 0.4) is 0 Å². The number of thiophene rings is 1. The molecule has 0 aliphatic carbocycles. The van der Waals surface area contributed by atoms with Crippen LogP contribution in [-0.2, 0) is 0 Å². The molecule has 0 saturated carbocycles. The lowest BCUT2D eigenvalue weighted by Gasteiger charge is -2.16. The second-order valence-corrected chi connectivity index (χ2v) is 6.03. The lowest BCUT2D eigenvalue weighted by Crippen LogP contribution is -2.28. The van der Waals surface area contributed by atoms with Crippen LogP contribution in [0.5, 0.6) is 0 Å². The van der Waals surface area contributed by atoms with Gasteiger partial charge in [-0.2, -0.15) is 0 Å². The summed E-state index contributed by atoms with van der Waals surface area (Å²) in [6.45, 7) is 0. The van der Waals surface area contributed by atoms with Crippen LogP contribution < -0.4 is 11.3 Å². The van der Waals surface area contributed by atoms with E-state index in [1.807, 2.05) is 23.6 Å². The fourth-order valence-corrected chi connectivity index (χ4v) is 3.17. The van der Waals surface area contributed by atoms with Crippen LogP contribution in [-0.4, -0.2) is 0 Å². The number of rotatable bonds is 3. The summed E-state index contributed by atoms with van der Waals surface area (Å²) in [6, 6.07) is 10.2. The standard InChI is InChI=1S/C11H10Br2N2S/c12-7-3-4-9(13)8(6-7)11(15-14)10-2-1-5-16-10/h1-6,11,15H,14H2. The lowest BCUT2D eigenvalue weighted by molar-refractivity contribution is 0.644. The van der Waals surface area contributed by atoms with E-state index in [1.165, 1.54) is 4.88 Å². The van der Waals surface area contributed by atoms with Crippen molar-refractivity contribution in [2.24, 2.45) is 5.84 Å². The van der Waals surface area contributed by atoms with Crippen LogP contribution in [0.2, 0.25) is 0 Å². The van der Waals surface area contributed by atoms with Gasteiger partial charge in [0, 0.05) is 13.8 Å². The van der Waals surface area contributed by atoms with E-state index >= 15 is 0 Å². The number of hydrogen-bond acceptors (Lipinski definition) is 3. The molecule has 1 aromatic carbocycles. The summed E-state index contributed by atoms with van der Waals surface area (Å²) >= 11 is 8.70. The second kappa shape index (κ2) is 5.42. The van der Waals surface area contributed by atoms with Gasteiger partial charge in [0.25, 0.3) is 0 Å². The predicted molar refractivity (Wildman–Crippen MR) is 75.3 cm³/mol. The lowest BCUT2D eigenvalue weighted by atomic mass is 10.1. The first-order valence-electron chi connectivity index (χ1n) is 4.67. The zero-order valence-corrected chi connectivity index (χ0v) is 12.3. The number of hydrogen-bond donors (Lipinski definition) is 2. The molecule has 5 heteroatoms. The van der Waals surface area contributed by atoms with Crippen molar-refractivity contribution in [1.29, 1.82) is 0 Å². The first kappa shape index (κ1) is 12.3. The monoisotopic (exact) mass is 360 g/mol. The number of benzene rings is 1. The van der Waals surface area contributed by atoms with E-state index in [4.69, 9.17) is 5.84 Å². The van der Waals surface area contributed by atoms with E-state index in [-0.39, 0.29) is 6.04 Å². The maximum atomic E-state index is 5.64. The average Bonchev–Trinajstić information content (AvgIpc) is 2.78. The second-order valence-electron chi connectivity index (χ2n) is 3.28. The van der Waals surface area contributed by atoms with Crippen LogP contribution in [0.4, 0.5) is 0 Å². The number of nitrogens with two attached hydrogens (primary N) is 1. The minimum absolute atomic E-state index is 0.0203. The number of nitrogens with one attached hydrogen (secondary N) is 1. The van der Waals surface area contributed by atoms with Crippen LogP contribution in [0.15, 0.2) is 44.7 Å². The van der Waals surface area contributed by atoms with Crippen molar-refractivity contribution in [3.63, 3.8) is 0 Å². The summed E-state index contributed by atoms with van der Waals surface area (Å²) in [5.74, 6) is 5.64. The largest absolute Gasteiger partial charge is 0.271 e. The molecule has 1 atom stereocenters. The van der Waals surface area contributed by atoms with Gasteiger partial charge in [-0.15, -0.1) is 11.3 Å². The molecule has 1 unspecified atom stereocenters. The Hall–Kier alpha value is -0.200. The first-order chi connectivity index (χ1) is 7.72. The Morgan fingerprint density at radius 2 is 2.06 bits per heavy atom. The molecular weight excluding hydrogens is 352 g/mol. The van der Waals surface area contributed by atoms with Gasteiger partial charge in [0.05, 0.1) is 6.04 Å². The van der Waals surface area contributed by atoms with E-state index in [1.54, 1.807) is 11.3 Å². The van der Waals surface area contributed by atoms with E-state index in [2.05, 4.69) is 49.4 Å². The molecule has 0 fully saturated rings. The molecule has 2 aromatic rings. The van der Waals surface area contributed by atoms with E-state index < -0.39 is 0 Å². The Labute approximate surface area is 115 Å². The average molecular weight is 362 g/mol. The molecule has 84 valence electrons. The van der Waals surface area contributed by atoms with Gasteiger partial charge in [0.15, 0.2) is 0 Å². The third-order valence-electron chi connectivity index (χ3n) is 2.26. The maximum Gasteiger partial charge on any atom is 0.0813 e. The van der Waals surface area contributed by atoms with Gasteiger partial charge in [-0.25, -0.2) is 5.43 Å². The summed E-state index contributed by atoms with van der Waals surface area (Å²) in [5, 5.41) is 2.05. The molecule has 1 heterocycles. The SMILES string of the molecule is NNC(c1cccs1)c1cc(Br)ccc1Br. The maximum absolute atomic E-state index is 5.64. The number of hydrazine groups is 1. The van der Waals surface area contributed by atoms with Gasteiger partial charge < -0.3 is 0 Å². The molecular formula is C11H10Br2N2S. The topological polar surface area (TPSA) is 38.0 Å². The molecule has 2 nitrogen and oxygen atoms in total. The molecule has 0 spiro atoms. The van der Waals surface area contributed by atoms with Gasteiger partial charge in [-0.1, -0.05) is 37.9 Å². The van der Waals surface area contributed by atoms with Gasteiger partial charge in [0.2, 0.25) is 0 Å². The van der Waals surface area contributed by atoms with Gasteiger partial charge >= 0.3 is 0 Å². The quantitative estimate of drug-likeness (QED) is 0.644. The van der Waals surface area contributed by atoms with Crippen molar-refractivity contribution in [3.8, 4) is 0 Å². The molecule has 0 aliphatic heterocycles. The van der Waals surface area contributed by atoms with Crippen molar-refractivity contribution < 1.29 is 0 Å². The summed E-state index contributed by atoms with van der Waals surface area (Å²) in [4.78, 5) is 1.20. The van der Waals surface area contributed by atoms with Crippen LogP contribution in [0.25, 0.3) is 0 Å². The fourth-order valence-electron chi connectivity index (χ4n) is 1.52. The van der Waals surface area contributed by atoms with E-state index in [0.717, 1.165) is 14.5 Å². The van der Waals surface area contributed by atoms with E-state index in [0.29, 0.717) is 0 Å². The summed E-state index contributed by atoms with van der Waals surface area (Å²) in [6.07, 6.45) is 0. The van der Waals surface area contributed by atoms with Crippen molar-refractivity contribution in [1.82, 2.24) is 5.43 Å². The highest BCUT2D eigenvalue weighted by molar-refractivity contribution is 9.11. The zero-order chi connectivity index (χ0) is 11.5. The Morgan fingerprint density at radius 3 is 2.69 bits per heavy atom. The van der Waals surface area contributed by atoms with Gasteiger partial charge in [0.1, 0.15) is 0 Å². The van der Waals surface area contributed by atoms with Crippen LogP contribution in [0.1, 0.15) is 16.5 Å². The highest BCUT2D eigenvalue weighted by Gasteiger charge is 2.16. The first-order valence-corrected chi connectivity index (χ1v) is 7.13. The van der Waals surface area contributed by atoms with Gasteiger partial charge in [-0.05, 0) is 35.2 Å². The molecule has 1 aromatic heterocycles. The van der Waals surface area contributed by atoms with Crippen molar-refractivity contribution >= 4 is 43.2 Å². The smallest absolute Gasteiger partial charge is 0.0813 e. The number of halogens is 2. The zero-order valence-electron chi connectivity index (χ0n) is 8.28. The van der Waals surface area contributed by atoms with Crippen LogP contribution in [0, 0.1) is 0 Å².